The highest BCUT2D eigenvalue weighted by Crippen LogP contribution is 2.42. The Balaban J connectivity index is 0.00000169. The van der Waals surface area contributed by atoms with Gasteiger partial charge in [0.05, 0.1) is 14.2 Å². The van der Waals surface area contributed by atoms with Crippen molar-refractivity contribution in [2.75, 3.05) is 40.4 Å². The number of ether oxygens (including phenoxy) is 2. The number of halogens is 3. The minimum Gasteiger partial charge on any atom is -0.493 e. The van der Waals surface area contributed by atoms with Gasteiger partial charge in [-0.2, -0.15) is 0 Å². The van der Waals surface area contributed by atoms with E-state index in [-0.39, 0.29) is 36.7 Å². The highest BCUT2D eigenvalue weighted by molar-refractivity contribution is 5.85. The van der Waals surface area contributed by atoms with E-state index in [1.165, 1.54) is 38.2 Å². The molecule has 1 aliphatic heterocycles. The van der Waals surface area contributed by atoms with Crippen molar-refractivity contribution in [3.8, 4) is 11.5 Å². The Morgan fingerprint density at radius 3 is 2.15 bits per heavy atom. The predicted molar refractivity (Wildman–Crippen MR) is 108 cm³/mol. The van der Waals surface area contributed by atoms with Crippen molar-refractivity contribution in [1.82, 2.24) is 10.2 Å². The first-order valence-corrected chi connectivity index (χ1v) is 9.10. The predicted octanol–water partition coefficient (Wildman–Crippen LogP) is 4.21. The maximum absolute atomic E-state index is 14.9. The molecule has 1 aromatic carbocycles. The Hall–Kier alpha value is -0.750. The van der Waals surface area contributed by atoms with Crippen LogP contribution < -0.4 is 14.8 Å². The average molecular weight is 409 g/mol. The van der Waals surface area contributed by atoms with Gasteiger partial charge in [0.25, 0.3) is 0 Å². The van der Waals surface area contributed by atoms with Crippen molar-refractivity contribution in [2.24, 2.45) is 5.92 Å². The fourth-order valence-electron chi connectivity index (χ4n) is 4.26. The number of nitrogens with one attached hydrogen (secondary N) is 1. The number of methoxy groups -OCH3 is 2. The molecular formula is C19H31Cl2FN2O2. The van der Waals surface area contributed by atoms with Gasteiger partial charge >= 0.3 is 0 Å². The molecule has 4 nitrogen and oxygen atoms in total. The van der Waals surface area contributed by atoms with E-state index in [9.17, 15) is 4.39 Å². The first kappa shape index (κ1) is 23.3. The Labute approximate surface area is 168 Å². The van der Waals surface area contributed by atoms with Crippen LogP contribution in [-0.4, -0.2) is 45.3 Å². The van der Waals surface area contributed by atoms with Crippen molar-refractivity contribution >= 4 is 24.8 Å². The fraction of sp³-hybridized carbons (Fsp3) is 0.684. The van der Waals surface area contributed by atoms with Gasteiger partial charge in [-0.25, -0.2) is 4.39 Å². The number of hydrogen-bond acceptors (Lipinski definition) is 4. The van der Waals surface area contributed by atoms with Gasteiger partial charge in [-0.15, -0.1) is 24.8 Å². The molecule has 1 heterocycles. The molecular weight excluding hydrogens is 378 g/mol. The lowest BCUT2D eigenvalue weighted by Crippen LogP contribution is -2.47. The number of rotatable bonds is 5. The standard InChI is InChI=1S/C19H29FN2O2.2ClH/c1-23-17-12-15(16(20)13-18(17)24-2)19(14-6-4-3-5-7-14)22-10-8-21-9-11-22;;/h12-14,19,21H,3-11H2,1-2H3;2*1H/t19-;;/m0../s1. The molecule has 2 fully saturated rings. The lowest BCUT2D eigenvalue weighted by atomic mass is 9.80. The molecule has 1 saturated carbocycles. The molecule has 2 aliphatic rings. The van der Waals surface area contributed by atoms with Crippen LogP contribution in [0.5, 0.6) is 11.5 Å². The van der Waals surface area contributed by atoms with Gasteiger partial charge in [-0.3, -0.25) is 4.90 Å². The summed E-state index contributed by atoms with van der Waals surface area (Å²) in [5.74, 6) is 1.41. The van der Waals surface area contributed by atoms with E-state index < -0.39 is 0 Å². The zero-order valence-electron chi connectivity index (χ0n) is 15.6. The Morgan fingerprint density at radius 1 is 1.00 bits per heavy atom. The smallest absolute Gasteiger partial charge is 0.163 e. The van der Waals surface area contributed by atoms with Crippen LogP contribution in [0, 0.1) is 11.7 Å². The molecule has 7 heteroatoms. The molecule has 1 N–H and O–H groups in total. The Bertz CT molecular complexity index is 533. The van der Waals surface area contributed by atoms with E-state index in [1.54, 1.807) is 14.2 Å². The van der Waals surface area contributed by atoms with Crippen LogP contribution in [0.15, 0.2) is 12.1 Å². The third-order valence-electron chi connectivity index (χ3n) is 5.46. The van der Waals surface area contributed by atoms with Gasteiger partial charge in [-0.1, -0.05) is 19.3 Å². The molecule has 1 aromatic rings. The molecule has 1 aliphatic carbocycles. The van der Waals surface area contributed by atoms with Crippen LogP contribution in [-0.2, 0) is 0 Å². The summed E-state index contributed by atoms with van der Waals surface area (Å²) in [6.45, 7) is 3.88. The molecule has 3 rings (SSSR count). The van der Waals surface area contributed by atoms with Gasteiger partial charge < -0.3 is 14.8 Å². The van der Waals surface area contributed by atoms with Crippen molar-refractivity contribution < 1.29 is 13.9 Å². The summed E-state index contributed by atoms with van der Waals surface area (Å²) in [4.78, 5) is 2.46. The summed E-state index contributed by atoms with van der Waals surface area (Å²) < 4.78 is 25.6. The number of piperazine rings is 1. The lowest BCUT2D eigenvalue weighted by Gasteiger charge is -2.41. The van der Waals surface area contributed by atoms with E-state index in [0.29, 0.717) is 17.4 Å². The summed E-state index contributed by atoms with van der Waals surface area (Å²) in [6, 6.07) is 3.47. The molecule has 0 unspecified atom stereocenters. The molecule has 0 bridgehead atoms. The second kappa shape index (κ2) is 11.2. The minimum absolute atomic E-state index is 0. The van der Waals surface area contributed by atoms with Crippen LogP contribution in [0.4, 0.5) is 4.39 Å². The van der Waals surface area contributed by atoms with Gasteiger partial charge in [0.15, 0.2) is 11.5 Å². The summed E-state index contributed by atoms with van der Waals surface area (Å²) in [6.07, 6.45) is 6.17. The Kier molecular flexibility index (Phi) is 10.0. The van der Waals surface area contributed by atoms with Gasteiger partial charge in [0.1, 0.15) is 5.82 Å². The minimum atomic E-state index is -0.179. The highest BCUT2D eigenvalue weighted by atomic mass is 35.5. The first-order valence-electron chi connectivity index (χ1n) is 9.10. The van der Waals surface area contributed by atoms with Crippen molar-refractivity contribution in [2.45, 2.75) is 38.1 Å². The number of nitrogens with zero attached hydrogens (tertiary/aromatic N) is 1. The summed E-state index contributed by atoms with van der Waals surface area (Å²) >= 11 is 0. The lowest BCUT2D eigenvalue weighted by molar-refractivity contribution is 0.100. The monoisotopic (exact) mass is 408 g/mol. The van der Waals surface area contributed by atoms with E-state index in [0.717, 1.165) is 31.7 Å². The largest absolute Gasteiger partial charge is 0.493 e. The Morgan fingerprint density at radius 2 is 1.58 bits per heavy atom. The molecule has 150 valence electrons. The molecule has 1 saturated heterocycles. The van der Waals surface area contributed by atoms with Crippen LogP contribution in [0.2, 0.25) is 0 Å². The van der Waals surface area contributed by atoms with Crippen molar-refractivity contribution in [3.63, 3.8) is 0 Å². The topological polar surface area (TPSA) is 33.7 Å². The van der Waals surface area contributed by atoms with E-state index in [2.05, 4.69) is 10.2 Å². The normalized spacial score (nSPS) is 19.8. The maximum atomic E-state index is 14.9. The van der Waals surface area contributed by atoms with E-state index in [4.69, 9.17) is 9.47 Å². The zero-order valence-corrected chi connectivity index (χ0v) is 17.3. The number of benzene rings is 1. The molecule has 26 heavy (non-hydrogen) atoms. The second-order valence-electron chi connectivity index (χ2n) is 6.86. The third kappa shape index (κ3) is 5.16. The maximum Gasteiger partial charge on any atom is 0.163 e. The fourth-order valence-corrected chi connectivity index (χ4v) is 4.26. The van der Waals surface area contributed by atoms with E-state index in [1.807, 2.05) is 6.07 Å². The van der Waals surface area contributed by atoms with Crippen molar-refractivity contribution in [1.29, 1.82) is 0 Å². The quantitative estimate of drug-likeness (QED) is 0.790. The van der Waals surface area contributed by atoms with Gasteiger partial charge in [0, 0.05) is 43.9 Å². The van der Waals surface area contributed by atoms with Crippen LogP contribution >= 0.6 is 24.8 Å². The SMILES string of the molecule is COc1cc(F)c([C@H](C2CCCCC2)N2CCNCC2)cc1OC.Cl.Cl. The summed E-state index contributed by atoms with van der Waals surface area (Å²) in [7, 11) is 3.16. The zero-order chi connectivity index (χ0) is 16.9. The average Bonchev–Trinajstić information content (AvgIpc) is 2.64. The summed E-state index contributed by atoms with van der Waals surface area (Å²) in [5, 5.41) is 3.40. The molecule has 0 radical (unpaired) electrons. The van der Waals surface area contributed by atoms with Crippen molar-refractivity contribution in [3.05, 3.63) is 23.5 Å². The second-order valence-corrected chi connectivity index (χ2v) is 6.86. The first-order chi connectivity index (χ1) is 11.7. The molecule has 1 atom stereocenters. The number of hydrogen-bond donors (Lipinski definition) is 1. The van der Waals surface area contributed by atoms with Crippen LogP contribution in [0.3, 0.4) is 0 Å². The van der Waals surface area contributed by atoms with Gasteiger partial charge in [0.2, 0.25) is 0 Å². The molecule has 0 spiro atoms. The highest BCUT2D eigenvalue weighted by Gasteiger charge is 2.33. The van der Waals surface area contributed by atoms with Crippen LogP contribution in [0.1, 0.15) is 43.7 Å². The van der Waals surface area contributed by atoms with E-state index >= 15 is 0 Å². The molecule has 0 amide bonds. The molecule has 0 aromatic heterocycles. The summed E-state index contributed by atoms with van der Waals surface area (Å²) in [5.41, 5.74) is 0.765. The third-order valence-corrected chi connectivity index (χ3v) is 5.46. The van der Waals surface area contributed by atoms with Gasteiger partial charge in [-0.05, 0) is 24.8 Å². The van der Waals surface area contributed by atoms with Crippen LogP contribution in [0.25, 0.3) is 0 Å².